The molecule has 2 rings (SSSR count). The van der Waals surface area contributed by atoms with Crippen LogP contribution in [-0.2, 0) is 17.7 Å². The van der Waals surface area contributed by atoms with Crippen molar-refractivity contribution >= 4 is 22.6 Å². The third kappa shape index (κ3) is 2.87. The first-order valence-corrected chi connectivity index (χ1v) is 6.53. The number of alkyl halides is 1. The van der Waals surface area contributed by atoms with Crippen molar-refractivity contribution in [1.29, 1.82) is 0 Å². The second-order valence-corrected chi connectivity index (χ2v) is 4.76. The molecular weight excluding hydrogens is 274 g/mol. The molecule has 0 aliphatic heterocycles. The van der Waals surface area contributed by atoms with Gasteiger partial charge in [-0.2, -0.15) is 0 Å². The predicted molar refractivity (Wildman–Crippen MR) is 70.5 cm³/mol. The molecule has 6 heteroatoms. The summed E-state index contributed by atoms with van der Waals surface area (Å²) in [5.41, 5.74) is 0.991. The maximum atomic E-state index is 13.4. The van der Waals surface area contributed by atoms with Gasteiger partial charge in [-0.05, 0) is 6.92 Å². The van der Waals surface area contributed by atoms with E-state index in [1.807, 2.05) is 11.5 Å². The summed E-state index contributed by atoms with van der Waals surface area (Å²) in [5, 5.41) is 0. The Morgan fingerprint density at radius 2 is 2.05 bits per heavy atom. The summed E-state index contributed by atoms with van der Waals surface area (Å²) < 4.78 is 33.6. The Morgan fingerprint density at radius 1 is 1.37 bits per heavy atom. The molecule has 0 bridgehead atoms. The monoisotopic (exact) mass is 288 g/mol. The third-order valence-electron chi connectivity index (χ3n) is 3.03. The molecule has 0 aliphatic carbocycles. The highest BCUT2D eigenvalue weighted by Crippen LogP contribution is 2.21. The van der Waals surface area contributed by atoms with E-state index in [2.05, 4.69) is 4.98 Å². The fourth-order valence-corrected chi connectivity index (χ4v) is 2.15. The van der Waals surface area contributed by atoms with Crippen LogP contribution in [0.1, 0.15) is 12.7 Å². The number of rotatable bonds is 5. The van der Waals surface area contributed by atoms with Gasteiger partial charge in [0.15, 0.2) is 11.6 Å². The molecule has 1 aromatic carbocycles. The average molecular weight is 289 g/mol. The summed E-state index contributed by atoms with van der Waals surface area (Å²) in [4.78, 5) is 4.31. The van der Waals surface area contributed by atoms with Crippen LogP contribution in [0.4, 0.5) is 8.78 Å². The van der Waals surface area contributed by atoms with Crippen molar-refractivity contribution in [2.45, 2.75) is 26.0 Å². The van der Waals surface area contributed by atoms with Crippen LogP contribution in [0.25, 0.3) is 11.0 Å². The summed E-state index contributed by atoms with van der Waals surface area (Å²) in [6.45, 7) is 2.42. The lowest BCUT2D eigenvalue weighted by molar-refractivity contribution is 0.103. The Kier molecular flexibility index (Phi) is 4.37. The number of methoxy groups -OCH3 is 1. The third-order valence-corrected chi connectivity index (χ3v) is 3.22. The first-order valence-electron chi connectivity index (χ1n) is 5.99. The minimum absolute atomic E-state index is 0.0559. The fraction of sp³-hybridized carbons (Fsp3) is 0.462. The topological polar surface area (TPSA) is 27.1 Å². The molecule has 0 radical (unpaired) electrons. The Labute approximate surface area is 115 Å². The molecule has 0 N–H and O–H groups in total. The van der Waals surface area contributed by atoms with E-state index in [-0.39, 0.29) is 6.10 Å². The Bertz CT molecular complexity index is 586. The zero-order valence-corrected chi connectivity index (χ0v) is 11.5. The highest BCUT2D eigenvalue weighted by molar-refractivity contribution is 6.17. The van der Waals surface area contributed by atoms with Gasteiger partial charge in [-0.3, -0.25) is 0 Å². The van der Waals surface area contributed by atoms with E-state index < -0.39 is 11.6 Å². The maximum Gasteiger partial charge on any atom is 0.161 e. The van der Waals surface area contributed by atoms with Gasteiger partial charge in [-0.15, -0.1) is 11.6 Å². The Morgan fingerprint density at radius 3 is 2.68 bits per heavy atom. The minimum atomic E-state index is -0.894. The van der Waals surface area contributed by atoms with Crippen LogP contribution < -0.4 is 0 Å². The van der Waals surface area contributed by atoms with Crippen LogP contribution in [0.3, 0.4) is 0 Å². The van der Waals surface area contributed by atoms with Crippen LogP contribution in [0, 0.1) is 11.6 Å². The van der Waals surface area contributed by atoms with Gasteiger partial charge < -0.3 is 9.30 Å². The van der Waals surface area contributed by atoms with Crippen molar-refractivity contribution in [3.63, 3.8) is 0 Å². The minimum Gasteiger partial charge on any atom is -0.380 e. The number of hydrogen-bond acceptors (Lipinski definition) is 2. The van der Waals surface area contributed by atoms with Crippen molar-refractivity contribution in [1.82, 2.24) is 9.55 Å². The molecule has 19 heavy (non-hydrogen) atoms. The van der Waals surface area contributed by atoms with Crippen molar-refractivity contribution in [3.05, 3.63) is 29.6 Å². The van der Waals surface area contributed by atoms with Crippen LogP contribution in [0.15, 0.2) is 12.1 Å². The Hall–Kier alpha value is -1.20. The van der Waals surface area contributed by atoms with Gasteiger partial charge in [0.25, 0.3) is 0 Å². The van der Waals surface area contributed by atoms with Crippen LogP contribution >= 0.6 is 11.6 Å². The Balaban J connectivity index is 2.55. The molecule has 1 atom stereocenters. The number of fused-ring (bicyclic) bond motifs is 1. The number of imidazole rings is 1. The highest BCUT2D eigenvalue weighted by Gasteiger charge is 2.15. The normalized spacial score (nSPS) is 13.1. The summed E-state index contributed by atoms with van der Waals surface area (Å²) in [6, 6.07) is 2.27. The number of aryl methyl sites for hydroxylation is 1. The number of ether oxygens (including phenoxy) is 1. The second-order valence-electron chi connectivity index (χ2n) is 4.38. The molecule has 0 fully saturated rings. The molecule has 1 aromatic heterocycles. The molecular formula is C13H15ClF2N2O. The summed E-state index contributed by atoms with van der Waals surface area (Å²) in [7, 11) is 1.60. The molecule has 0 spiro atoms. The predicted octanol–water partition coefficient (Wildman–Crippen LogP) is 3.13. The molecule has 3 nitrogen and oxygen atoms in total. The van der Waals surface area contributed by atoms with E-state index in [1.54, 1.807) is 7.11 Å². The van der Waals surface area contributed by atoms with Crippen LogP contribution in [0.2, 0.25) is 0 Å². The zero-order chi connectivity index (χ0) is 14.0. The summed E-state index contributed by atoms with van der Waals surface area (Å²) in [5.74, 6) is -0.667. The number of aromatic nitrogens is 2. The highest BCUT2D eigenvalue weighted by atomic mass is 35.5. The maximum absolute atomic E-state index is 13.4. The fourth-order valence-electron chi connectivity index (χ4n) is 1.98. The molecule has 2 aromatic rings. The molecule has 0 saturated heterocycles. The van der Waals surface area contributed by atoms with Gasteiger partial charge in [0, 0.05) is 31.5 Å². The lowest BCUT2D eigenvalue weighted by atomic mass is 10.3. The standard InChI is InChI=1S/C13H15ClF2N2O/c1-8(19-2)7-18-12-6-10(16)9(15)5-11(12)17-13(18)3-4-14/h5-6,8H,3-4,7H2,1-2H3. The number of benzene rings is 1. The van der Waals surface area contributed by atoms with Gasteiger partial charge in [-0.1, -0.05) is 0 Å². The van der Waals surface area contributed by atoms with Gasteiger partial charge in [0.2, 0.25) is 0 Å². The molecule has 104 valence electrons. The molecule has 1 heterocycles. The lowest BCUT2D eigenvalue weighted by Crippen LogP contribution is -2.17. The van der Waals surface area contributed by atoms with Crippen molar-refractivity contribution in [3.8, 4) is 0 Å². The van der Waals surface area contributed by atoms with Gasteiger partial charge in [0.05, 0.1) is 23.7 Å². The lowest BCUT2D eigenvalue weighted by Gasteiger charge is -2.13. The molecule has 0 aliphatic rings. The van der Waals surface area contributed by atoms with E-state index in [9.17, 15) is 8.78 Å². The first kappa shape index (κ1) is 14.2. The summed E-state index contributed by atoms with van der Waals surface area (Å²) in [6.07, 6.45) is 0.482. The number of halogens is 3. The van der Waals surface area contributed by atoms with E-state index in [0.717, 1.165) is 12.1 Å². The number of nitrogens with zero attached hydrogens (tertiary/aromatic N) is 2. The smallest absolute Gasteiger partial charge is 0.161 e. The molecule has 0 saturated carbocycles. The van der Waals surface area contributed by atoms with Gasteiger partial charge in [0.1, 0.15) is 5.82 Å². The van der Waals surface area contributed by atoms with E-state index in [0.29, 0.717) is 35.7 Å². The van der Waals surface area contributed by atoms with Crippen molar-refractivity contribution < 1.29 is 13.5 Å². The summed E-state index contributed by atoms with van der Waals surface area (Å²) >= 11 is 5.74. The largest absolute Gasteiger partial charge is 0.380 e. The van der Waals surface area contributed by atoms with Crippen molar-refractivity contribution in [2.75, 3.05) is 13.0 Å². The molecule has 1 unspecified atom stereocenters. The average Bonchev–Trinajstić information content (AvgIpc) is 2.68. The van der Waals surface area contributed by atoms with Gasteiger partial charge in [-0.25, -0.2) is 13.8 Å². The first-order chi connectivity index (χ1) is 9.06. The van der Waals surface area contributed by atoms with E-state index in [4.69, 9.17) is 16.3 Å². The van der Waals surface area contributed by atoms with E-state index >= 15 is 0 Å². The zero-order valence-electron chi connectivity index (χ0n) is 10.8. The van der Waals surface area contributed by atoms with Crippen molar-refractivity contribution in [2.24, 2.45) is 0 Å². The SMILES string of the molecule is COC(C)Cn1c(CCCl)nc2cc(F)c(F)cc21. The van der Waals surface area contributed by atoms with Crippen LogP contribution in [-0.4, -0.2) is 28.6 Å². The van der Waals surface area contributed by atoms with E-state index in [1.165, 1.54) is 0 Å². The van der Waals surface area contributed by atoms with Crippen LogP contribution in [0.5, 0.6) is 0 Å². The second kappa shape index (κ2) is 5.84. The molecule has 0 amide bonds. The van der Waals surface area contributed by atoms with Gasteiger partial charge >= 0.3 is 0 Å². The quantitative estimate of drug-likeness (QED) is 0.791. The number of hydrogen-bond donors (Lipinski definition) is 0.